The number of ether oxygens (including phenoxy) is 2. The molecule has 7 heteroatoms. The SMILES string of the molecule is Cc1cc(C)c(NC(=O)C[NH+](C)CC(=O)Nc2ccc3c(c2)OCCO3)c(C)c1. The molecule has 7 nitrogen and oxygen atoms in total. The maximum absolute atomic E-state index is 12.4. The number of fused-ring (bicyclic) bond motifs is 1. The number of hydrogen-bond donors (Lipinski definition) is 3. The summed E-state index contributed by atoms with van der Waals surface area (Å²) < 4.78 is 11.0. The number of carbonyl (C=O) groups is 2. The summed E-state index contributed by atoms with van der Waals surface area (Å²) in [7, 11) is 1.82. The van der Waals surface area contributed by atoms with Crippen LogP contribution in [-0.4, -0.2) is 45.2 Å². The molecule has 3 N–H and O–H groups in total. The third kappa shape index (κ3) is 5.48. The molecular weight excluding hydrogens is 370 g/mol. The molecule has 1 aliphatic heterocycles. The van der Waals surface area contributed by atoms with Crippen molar-refractivity contribution in [3.8, 4) is 11.5 Å². The van der Waals surface area contributed by atoms with Gasteiger partial charge in [-0.15, -0.1) is 0 Å². The predicted octanol–water partition coefficient (Wildman–Crippen LogP) is 1.47. The number of rotatable bonds is 6. The Labute approximate surface area is 171 Å². The second-order valence-corrected chi connectivity index (χ2v) is 7.54. The molecule has 0 aromatic heterocycles. The Morgan fingerprint density at radius 2 is 1.48 bits per heavy atom. The molecule has 0 radical (unpaired) electrons. The van der Waals surface area contributed by atoms with Crippen LogP contribution in [-0.2, 0) is 9.59 Å². The minimum absolute atomic E-state index is 0.121. The van der Waals surface area contributed by atoms with E-state index in [4.69, 9.17) is 9.47 Å². The van der Waals surface area contributed by atoms with Gasteiger partial charge in [-0.25, -0.2) is 0 Å². The Balaban J connectivity index is 1.51. The van der Waals surface area contributed by atoms with Crippen molar-refractivity contribution in [3.05, 3.63) is 47.0 Å². The topological polar surface area (TPSA) is 81.1 Å². The van der Waals surface area contributed by atoms with Gasteiger partial charge in [0.2, 0.25) is 0 Å². The molecule has 0 aliphatic carbocycles. The first kappa shape index (κ1) is 20.7. The summed E-state index contributed by atoms with van der Waals surface area (Å²) in [4.78, 5) is 25.6. The average Bonchev–Trinajstić information content (AvgIpc) is 2.64. The number of likely N-dealkylation sites (N-methyl/N-ethyl adjacent to an activating group) is 1. The monoisotopic (exact) mass is 398 g/mol. The zero-order valence-electron chi connectivity index (χ0n) is 17.3. The summed E-state index contributed by atoms with van der Waals surface area (Å²) in [6, 6.07) is 9.38. The minimum Gasteiger partial charge on any atom is -0.486 e. The Kier molecular flexibility index (Phi) is 6.39. The Morgan fingerprint density at radius 1 is 0.897 bits per heavy atom. The molecule has 1 aliphatic rings. The highest BCUT2D eigenvalue weighted by molar-refractivity contribution is 5.94. The van der Waals surface area contributed by atoms with E-state index in [1.165, 1.54) is 0 Å². The van der Waals surface area contributed by atoms with Gasteiger partial charge in [0, 0.05) is 17.4 Å². The molecule has 0 bridgehead atoms. The number of benzene rings is 2. The van der Waals surface area contributed by atoms with Gasteiger partial charge in [-0.05, 0) is 44.0 Å². The zero-order chi connectivity index (χ0) is 21.0. The van der Waals surface area contributed by atoms with Crippen LogP contribution < -0.4 is 25.0 Å². The second kappa shape index (κ2) is 8.96. The van der Waals surface area contributed by atoms with Crippen LogP contribution in [0.15, 0.2) is 30.3 Å². The summed E-state index contributed by atoms with van der Waals surface area (Å²) in [6.07, 6.45) is 0. The quantitative estimate of drug-likeness (QED) is 0.689. The van der Waals surface area contributed by atoms with Crippen LogP contribution in [0.25, 0.3) is 0 Å². The summed E-state index contributed by atoms with van der Waals surface area (Å²) in [6.45, 7) is 7.38. The first-order chi connectivity index (χ1) is 13.8. The number of anilines is 2. The molecule has 0 spiro atoms. The minimum atomic E-state index is -0.172. The summed E-state index contributed by atoms with van der Waals surface area (Å²) in [5.74, 6) is 1.01. The average molecular weight is 398 g/mol. The first-order valence-electron chi connectivity index (χ1n) is 9.70. The van der Waals surface area contributed by atoms with Crippen LogP contribution in [0, 0.1) is 20.8 Å². The van der Waals surface area contributed by atoms with Crippen molar-refractivity contribution < 1.29 is 24.0 Å². The highest BCUT2D eigenvalue weighted by Gasteiger charge is 2.17. The number of hydrogen-bond acceptors (Lipinski definition) is 4. The van der Waals surface area contributed by atoms with Gasteiger partial charge in [0.15, 0.2) is 24.6 Å². The van der Waals surface area contributed by atoms with Crippen LogP contribution in [0.3, 0.4) is 0 Å². The maximum atomic E-state index is 12.4. The van der Waals surface area contributed by atoms with E-state index in [1.807, 2.05) is 40.0 Å². The van der Waals surface area contributed by atoms with Crippen LogP contribution in [0.5, 0.6) is 11.5 Å². The molecule has 154 valence electrons. The van der Waals surface area contributed by atoms with E-state index in [1.54, 1.807) is 18.2 Å². The van der Waals surface area contributed by atoms with Gasteiger partial charge in [-0.1, -0.05) is 17.7 Å². The fourth-order valence-electron chi connectivity index (χ4n) is 3.50. The van der Waals surface area contributed by atoms with Crippen molar-refractivity contribution in [1.82, 2.24) is 0 Å². The van der Waals surface area contributed by atoms with Gasteiger partial charge in [0.05, 0.1) is 7.05 Å². The van der Waals surface area contributed by atoms with E-state index >= 15 is 0 Å². The van der Waals surface area contributed by atoms with Crippen LogP contribution in [0.1, 0.15) is 16.7 Å². The fourth-order valence-corrected chi connectivity index (χ4v) is 3.50. The van der Waals surface area contributed by atoms with E-state index in [0.717, 1.165) is 27.3 Å². The molecule has 0 saturated carbocycles. The Morgan fingerprint density at radius 3 is 2.14 bits per heavy atom. The van der Waals surface area contributed by atoms with Crippen molar-refractivity contribution in [3.63, 3.8) is 0 Å². The van der Waals surface area contributed by atoms with E-state index in [-0.39, 0.29) is 24.9 Å². The van der Waals surface area contributed by atoms with Crippen molar-refractivity contribution in [2.24, 2.45) is 0 Å². The standard InChI is InChI=1S/C22H27N3O4/c1-14-9-15(2)22(16(3)10-14)24-21(27)13-25(4)12-20(26)23-17-5-6-18-19(11-17)29-8-7-28-18/h5-6,9-11H,7-8,12-13H2,1-4H3,(H,23,26)(H,24,27)/p+1. The van der Waals surface area contributed by atoms with Crippen molar-refractivity contribution in [2.45, 2.75) is 20.8 Å². The van der Waals surface area contributed by atoms with Crippen molar-refractivity contribution in [2.75, 3.05) is 44.0 Å². The lowest BCUT2D eigenvalue weighted by molar-refractivity contribution is -0.862. The summed E-state index contributed by atoms with van der Waals surface area (Å²) in [5.41, 5.74) is 4.71. The highest BCUT2D eigenvalue weighted by Crippen LogP contribution is 2.32. The summed E-state index contributed by atoms with van der Waals surface area (Å²) >= 11 is 0. The third-order valence-electron chi connectivity index (χ3n) is 4.69. The molecule has 1 heterocycles. The van der Waals surface area contributed by atoms with E-state index in [2.05, 4.69) is 10.6 Å². The maximum Gasteiger partial charge on any atom is 0.279 e. The molecule has 0 saturated heterocycles. The number of quaternary nitrogens is 1. The number of nitrogens with one attached hydrogen (secondary N) is 3. The Bertz CT molecular complexity index is 903. The highest BCUT2D eigenvalue weighted by atomic mass is 16.6. The van der Waals surface area contributed by atoms with Crippen LogP contribution in [0.2, 0.25) is 0 Å². The zero-order valence-corrected chi connectivity index (χ0v) is 17.3. The second-order valence-electron chi connectivity index (χ2n) is 7.54. The molecule has 2 aromatic rings. The van der Waals surface area contributed by atoms with E-state index in [0.29, 0.717) is 30.4 Å². The molecule has 29 heavy (non-hydrogen) atoms. The lowest BCUT2D eigenvalue weighted by atomic mass is 10.1. The van der Waals surface area contributed by atoms with Gasteiger partial charge >= 0.3 is 0 Å². The lowest BCUT2D eigenvalue weighted by Crippen LogP contribution is -3.11. The smallest absolute Gasteiger partial charge is 0.279 e. The predicted molar refractivity (Wildman–Crippen MR) is 112 cm³/mol. The summed E-state index contributed by atoms with van der Waals surface area (Å²) in [5, 5.41) is 5.82. The van der Waals surface area contributed by atoms with Crippen molar-refractivity contribution >= 4 is 23.2 Å². The molecule has 2 amide bonds. The molecule has 1 unspecified atom stereocenters. The number of aryl methyl sites for hydroxylation is 3. The Hall–Kier alpha value is -3.06. The van der Waals surface area contributed by atoms with Gasteiger partial charge in [0.25, 0.3) is 11.8 Å². The van der Waals surface area contributed by atoms with Gasteiger partial charge in [-0.3, -0.25) is 9.59 Å². The van der Waals surface area contributed by atoms with Crippen LogP contribution >= 0.6 is 0 Å². The lowest BCUT2D eigenvalue weighted by Gasteiger charge is -2.19. The van der Waals surface area contributed by atoms with Gasteiger partial charge < -0.3 is 25.0 Å². The third-order valence-corrected chi connectivity index (χ3v) is 4.69. The molecule has 2 aromatic carbocycles. The molecule has 0 fully saturated rings. The van der Waals surface area contributed by atoms with Crippen molar-refractivity contribution in [1.29, 1.82) is 0 Å². The molecular formula is C22H28N3O4+. The largest absolute Gasteiger partial charge is 0.486 e. The van der Waals surface area contributed by atoms with Gasteiger partial charge in [-0.2, -0.15) is 0 Å². The normalized spacial score (nSPS) is 13.5. The van der Waals surface area contributed by atoms with Gasteiger partial charge in [0.1, 0.15) is 13.2 Å². The molecule has 1 atom stereocenters. The van der Waals surface area contributed by atoms with E-state index < -0.39 is 0 Å². The fraction of sp³-hybridized carbons (Fsp3) is 0.364. The number of carbonyl (C=O) groups excluding carboxylic acids is 2. The van der Waals surface area contributed by atoms with E-state index in [9.17, 15) is 9.59 Å². The molecule has 3 rings (SSSR count). The number of amides is 2. The first-order valence-corrected chi connectivity index (χ1v) is 9.70. The van der Waals surface area contributed by atoms with Crippen LogP contribution in [0.4, 0.5) is 11.4 Å².